The minimum Gasteiger partial charge on any atom is -0.495 e. The molecule has 2 heterocycles. The van der Waals surface area contributed by atoms with Gasteiger partial charge in [0.2, 0.25) is 5.82 Å². The van der Waals surface area contributed by atoms with Crippen molar-refractivity contribution in [2.45, 2.75) is 0 Å². The summed E-state index contributed by atoms with van der Waals surface area (Å²) in [6, 6.07) is 5.13. The molecule has 0 bridgehead atoms. The summed E-state index contributed by atoms with van der Waals surface area (Å²) < 4.78 is 6.19. The number of rotatable bonds is 3. The molecule has 3 aromatic rings. The van der Waals surface area contributed by atoms with Crippen molar-refractivity contribution in [2.24, 2.45) is 0 Å². The first-order valence-corrected chi connectivity index (χ1v) is 7.41. The number of nitro groups is 1. The van der Waals surface area contributed by atoms with E-state index in [1.165, 1.54) is 24.6 Å². The van der Waals surface area contributed by atoms with Crippen LogP contribution >= 0.6 is 22.9 Å². The number of nitrogen functional groups attached to an aromatic ring is 1. The van der Waals surface area contributed by atoms with Crippen molar-refractivity contribution in [1.29, 1.82) is 0 Å². The van der Waals surface area contributed by atoms with Crippen LogP contribution in [0, 0.1) is 10.1 Å². The van der Waals surface area contributed by atoms with Gasteiger partial charge in [0.1, 0.15) is 5.75 Å². The molecule has 0 fully saturated rings. The second-order valence-corrected chi connectivity index (χ2v) is 5.92. The van der Waals surface area contributed by atoms with Crippen LogP contribution in [-0.2, 0) is 0 Å². The van der Waals surface area contributed by atoms with Gasteiger partial charge in [-0.3, -0.25) is 19.3 Å². The van der Waals surface area contributed by atoms with Crippen LogP contribution in [0.4, 0.5) is 11.5 Å². The number of fused-ring (bicyclic) bond motifs is 1. The molecule has 0 aliphatic rings. The van der Waals surface area contributed by atoms with Gasteiger partial charge in [0.25, 0.3) is 0 Å². The minimum absolute atomic E-state index is 0.264. The number of nitrogens with two attached hydrogens (primary N) is 1. The van der Waals surface area contributed by atoms with Crippen molar-refractivity contribution in [2.75, 3.05) is 12.8 Å². The standard InChI is InChI=1S/C13H9ClN4O4S/c1-22-8-3-2-6(4-7(8)14)9-5-17-12(19)10(18(20)21)11(15)16-13(17)23-9/h2-5H,15H2,1H3. The van der Waals surface area contributed by atoms with E-state index in [0.717, 1.165) is 9.96 Å². The van der Waals surface area contributed by atoms with Gasteiger partial charge in [-0.2, -0.15) is 4.98 Å². The first kappa shape index (κ1) is 15.3. The number of hydrogen-bond donors (Lipinski definition) is 1. The zero-order valence-corrected chi connectivity index (χ0v) is 13.2. The third kappa shape index (κ3) is 2.49. The third-order valence-electron chi connectivity index (χ3n) is 3.15. The summed E-state index contributed by atoms with van der Waals surface area (Å²) in [5.41, 5.74) is 4.67. The van der Waals surface area contributed by atoms with E-state index in [1.807, 2.05) is 0 Å². The summed E-state index contributed by atoms with van der Waals surface area (Å²) in [6.07, 6.45) is 1.47. The molecule has 0 aliphatic carbocycles. The molecule has 0 atom stereocenters. The second-order valence-electron chi connectivity index (χ2n) is 4.51. The number of anilines is 1. The lowest BCUT2D eigenvalue weighted by atomic mass is 10.2. The third-order valence-corrected chi connectivity index (χ3v) is 4.48. The molecule has 10 heteroatoms. The first-order valence-electron chi connectivity index (χ1n) is 6.22. The number of methoxy groups -OCH3 is 1. The van der Waals surface area contributed by atoms with Crippen LogP contribution in [0.2, 0.25) is 5.02 Å². The number of ether oxygens (including phenoxy) is 1. The second kappa shape index (κ2) is 5.52. The molecule has 0 aliphatic heterocycles. The molecule has 2 N–H and O–H groups in total. The van der Waals surface area contributed by atoms with E-state index in [4.69, 9.17) is 22.1 Å². The van der Waals surface area contributed by atoms with Crippen molar-refractivity contribution in [1.82, 2.24) is 9.38 Å². The predicted molar refractivity (Wildman–Crippen MR) is 87.4 cm³/mol. The molecular formula is C13H9ClN4O4S. The molecule has 1 aromatic carbocycles. The maximum atomic E-state index is 12.2. The summed E-state index contributed by atoms with van der Waals surface area (Å²) in [4.78, 5) is 27.1. The van der Waals surface area contributed by atoms with Crippen LogP contribution in [0.3, 0.4) is 0 Å². The smallest absolute Gasteiger partial charge is 0.376 e. The fraction of sp³-hybridized carbons (Fsp3) is 0.0769. The van der Waals surface area contributed by atoms with E-state index in [2.05, 4.69) is 4.98 Å². The quantitative estimate of drug-likeness (QED) is 0.572. The molecule has 8 nitrogen and oxygen atoms in total. The van der Waals surface area contributed by atoms with Crippen molar-refractivity contribution >= 4 is 39.4 Å². The van der Waals surface area contributed by atoms with Crippen LogP contribution in [0.25, 0.3) is 15.4 Å². The molecular weight excluding hydrogens is 344 g/mol. The Hall–Kier alpha value is -2.65. The van der Waals surface area contributed by atoms with E-state index in [0.29, 0.717) is 15.6 Å². The summed E-state index contributed by atoms with van der Waals surface area (Å²) in [6.45, 7) is 0. The van der Waals surface area contributed by atoms with Crippen molar-refractivity contribution < 1.29 is 9.66 Å². The monoisotopic (exact) mass is 352 g/mol. The van der Waals surface area contributed by atoms with E-state index in [1.54, 1.807) is 18.2 Å². The highest BCUT2D eigenvalue weighted by Crippen LogP contribution is 2.33. The number of nitrogens with zero attached hydrogens (tertiary/aromatic N) is 3. The molecule has 0 saturated carbocycles. The molecule has 0 radical (unpaired) electrons. The van der Waals surface area contributed by atoms with Crippen molar-refractivity contribution in [3.05, 3.63) is 49.9 Å². The number of aromatic nitrogens is 2. The van der Waals surface area contributed by atoms with Crippen molar-refractivity contribution in [3.63, 3.8) is 0 Å². The minimum atomic E-state index is -0.835. The van der Waals surface area contributed by atoms with Gasteiger partial charge in [0.15, 0.2) is 4.96 Å². The molecule has 0 unspecified atom stereocenters. The maximum Gasteiger partial charge on any atom is 0.376 e. The largest absolute Gasteiger partial charge is 0.495 e. The zero-order chi connectivity index (χ0) is 16.7. The highest BCUT2D eigenvalue weighted by molar-refractivity contribution is 7.20. The Balaban J connectivity index is 2.21. The maximum absolute atomic E-state index is 12.2. The van der Waals surface area contributed by atoms with Gasteiger partial charge in [-0.1, -0.05) is 22.9 Å². The number of benzene rings is 1. The normalized spacial score (nSPS) is 10.9. The Bertz CT molecular complexity index is 998. The fourth-order valence-electron chi connectivity index (χ4n) is 2.07. The lowest BCUT2D eigenvalue weighted by Gasteiger charge is -2.03. The predicted octanol–water partition coefficient (Wildman–Crippen LogP) is 2.58. The highest BCUT2D eigenvalue weighted by Gasteiger charge is 2.22. The summed E-state index contributed by atoms with van der Waals surface area (Å²) in [7, 11) is 1.51. The van der Waals surface area contributed by atoms with E-state index >= 15 is 0 Å². The van der Waals surface area contributed by atoms with Crippen LogP contribution < -0.4 is 16.0 Å². The molecule has 23 heavy (non-hydrogen) atoms. The molecule has 0 spiro atoms. The Morgan fingerprint density at radius 2 is 2.22 bits per heavy atom. The van der Waals surface area contributed by atoms with Gasteiger partial charge >= 0.3 is 11.2 Å². The summed E-state index contributed by atoms with van der Waals surface area (Å²) in [5, 5.41) is 11.3. The zero-order valence-electron chi connectivity index (χ0n) is 11.6. The first-order chi connectivity index (χ1) is 10.9. The SMILES string of the molecule is COc1ccc(-c2cn3c(=O)c([N+](=O)[O-])c(N)nc3s2)cc1Cl. The summed E-state index contributed by atoms with van der Waals surface area (Å²) >= 11 is 7.26. The summed E-state index contributed by atoms with van der Waals surface area (Å²) in [5.74, 6) is 0.118. The number of thiazole rings is 1. The van der Waals surface area contributed by atoms with Gasteiger partial charge in [0.05, 0.1) is 21.9 Å². The van der Waals surface area contributed by atoms with Gasteiger partial charge in [0, 0.05) is 6.20 Å². The molecule has 0 saturated heterocycles. The highest BCUT2D eigenvalue weighted by atomic mass is 35.5. The van der Waals surface area contributed by atoms with Crippen LogP contribution in [0.5, 0.6) is 5.75 Å². The Labute approximate surface area is 137 Å². The Kier molecular flexibility index (Phi) is 3.66. The fourth-order valence-corrected chi connectivity index (χ4v) is 3.31. The van der Waals surface area contributed by atoms with Crippen LogP contribution in [0.15, 0.2) is 29.2 Å². The molecule has 2 aromatic heterocycles. The Morgan fingerprint density at radius 1 is 1.48 bits per heavy atom. The number of halogens is 1. The lowest BCUT2D eigenvalue weighted by Crippen LogP contribution is -2.19. The van der Waals surface area contributed by atoms with E-state index in [-0.39, 0.29) is 4.96 Å². The average molecular weight is 353 g/mol. The average Bonchev–Trinajstić information content (AvgIpc) is 2.91. The molecule has 118 valence electrons. The lowest BCUT2D eigenvalue weighted by molar-refractivity contribution is -0.385. The van der Waals surface area contributed by atoms with Crippen LogP contribution in [-0.4, -0.2) is 21.4 Å². The Morgan fingerprint density at radius 3 is 2.83 bits per heavy atom. The van der Waals surface area contributed by atoms with Gasteiger partial charge in [-0.25, -0.2) is 0 Å². The van der Waals surface area contributed by atoms with Crippen molar-refractivity contribution in [3.8, 4) is 16.2 Å². The van der Waals surface area contributed by atoms with Gasteiger partial charge in [-0.05, 0) is 23.8 Å². The van der Waals surface area contributed by atoms with E-state index in [9.17, 15) is 14.9 Å². The van der Waals surface area contributed by atoms with E-state index < -0.39 is 22.0 Å². The molecule has 0 amide bonds. The van der Waals surface area contributed by atoms with Gasteiger partial charge < -0.3 is 10.5 Å². The van der Waals surface area contributed by atoms with Gasteiger partial charge in [-0.15, -0.1) is 0 Å². The number of hydrogen-bond acceptors (Lipinski definition) is 7. The van der Waals surface area contributed by atoms with Crippen LogP contribution in [0.1, 0.15) is 0 Å². The molecule has 3 rings (SSSR count). The topological polar surface area (TPSA) is 113 Å².